The summed E-state index contributed by atoms with van der Waals surface area (Å²) in [5.74, 6) is -0.613. The lowest BCUT2D eigenvalue weighted by molar-refractivity contribution is -0.153. The highest BCUT2D eigenvalue weighted by atomic mass is 16.5. The Morgan fingerprint density at radius 2 is 1.96 bits per heavy atom. The van der Waals surface area contributed by atoms with E-state index in [1.54, 1.807) is 12.3 Å². The number of allylic oxidation sites excluding steroid dienone is 2. The first-order valence-electron chi connectivity index (χ1n) is 10.4. The summed E-state index contributed by atoms with van der Waals surface area (Å²) in [6, 6.07) is 3.65. The second-order valence-electron chi connectivity index (χ2n) is 9.22. The second kappa shape index (κ2) is 7.34. The maximum atomic E-state index is 13.2. The van der Waals surface area contributed by atoms with Gasteiger partial charge in [0.15, 0.2) is 5.78 Å². The largest absolute Gasteiger partial charge is 0.469 e. The van der Waals surface area contributed by atoms with Crippen molar-refractivity contribution in [3.63, 3.8) is 0 Å². The number of carbonyl (C=O) groups is 2. The average molecular weight is 383 g/mol. The first-order chi connectivity index (χ1) is 13.4. The van der Waals surface area contributed by atoms with Gasteiger partial charge in [0.05, 0.1) is 12.2 Å². The molecule has 1 saturated carbocycles. The normalized spacial score (nSPS) is 28.0. The topological polar surface area (TPSA) is 68.9 Å². The maximum Gasteiger partial charge on any atom is 0.316 e. The van der Waals surface area contributed by atoms with Crippen molar-refractivity contribution in [1.29, 1.82) is 0 Å². The molecule has 5 heteroatoms. The molecule has 2 unspecified atom stereocenters. The molecule has 4 rings (SSSR count). The fourth-order valence-electron chi connectivity index (χ4n) is 4.95. The summed E-state index contributed by atoms with van der Waals surface area (Å²) in [7, 11) is 0. The van der Waals surface area contributed by atoms with E-state index in [-0.39, 0.29) is 23.3 Å². The summed E-state index contributed by atoms with van der Waals surface area (Å²) in [5, 5.41) is 0. The fraction of sp³-hybridized carbons (Fsp3) is 0.609. The minimum Gasteiger partial charge on any atom is -0.469 e. The van der Waals surface area contributed by atoms with Crippen LogP contribution in [0.1, 0.15) is 77.4 Å². The second-order valence-corrected chi connectivity index (χ2v) is 9.22. The Hall–Kier alpha value is -2.17. The van der Waals surface area contributed by atoms with Crippen LogP contribution in [0.2, 0.25) is 0 Å². The molecule has 2 heterocycles. The highest BCUT2D eigenvalue weighted by Gasteiger charge is 2.47. The Bertz CT molecular complexity index is 825. The summed E-state index contributed by atoms with van der Waals surface area (Å²) in [6.07, 6.45) is 7.99. The van der Waals surface area contributed by atoms with Crippen molar-refractivity contribution in [2.75, 3.05) is 0 Å². The summed E-state index contributed by atoms with van der Waals surface area (Å²) >= 11 is 0. The lowest BCUT2D eigenvalue weighted by atomic mass is 9.68. The van der Waals surface area contributed by atoms with Crippen LogP contribution < -0.4 is 0 Å². The third kappa shape index (κ3) is 3.59. The third-order valence-electron chi connectivity index (χ3n) is 6.24. The number of Topliss-reactive ketones (excluding diaryl/α,β-unsaturated/α-hetero) is 1. The number of ether oxygens (including phenoxy) is 1. The van der Waals surface area contributed by atoms with Gasteiger partial charge in [0.25, 0.3) is 0 Å². The van der Waals surface area contributed by atoms with E-state index in [1.807, 2.05) is 13.0 Å². The number of esters is 1. The Labute approximate surface area is 166 Å². The van der Waals surface area contributed by atoms with Gasteiger partial charge in [0.2, 0.25) is 0 Å². The third-order valence-corrected chi connectivity index (χ3v) is 6.24. The minimum absolute atomic E-state index is 0.0253. The molecule has 2 atom stereocenters. The lowest BCUT2D eigenvalue weighted by Crippen LogP contribution is -2.40. The van der Waals surface area contributed by atoms with Crippen LogP contribution in [0.25, 0.3) is 0 Å². The van der Waals surface area contributed by atoms with Crippen molar-refractivity contribution in [3.8, 4) is 0 Å². The lowest BCUT2D eigenvalue weighted by Gasteiger charge is -2.38. The zero-order valence-electron chi connectivity index (χ0n) is 17.0. The van der Waals surface area contributed by atoms with Gasteiger partial charge in [-0.25, -0.2) is 0 Å². The number of furan rings is 1. The van der Waals surface area contributed by atoms with E-state index in [4.69, 9.17) is 14.1 Å². The molecule has 0 amide bonds. The van der Waals surface area contributed by atoms with E-state index in [0.717, 1.165) is 37.8 Å². The van der Waals surface area contributed by atoms with Gasteiger partial charge in [-0.2, -0.15) is 0 Å². The molecule has 2 aliphatic carbocycles. The maximum absolute atomic E-state index is 13.2. The van der Waals surface area contributed by atoms with E-state index in [9.17, 15) is 9.59 Å². The fourth-order valence-corrected chi connectivity index (χ4v) is 4.95. The first kappa shape index (κ1) is 19.2. The van der Waals surface area contributed by atoms with Gasteiger partial charge in [-0.3, -0.25) is 14.6 Å². The van der Waals surface area contributed by atoms with Crippen LogP contribution >= 0.6 is 0 Å². The van der Waals surface area contributed by atoms with Crippen LogP contribution in [0.3, 0.4) is 0 Å². The van der Waals surface area contributed by atoms with Gasteiger partial charge in [-0.1, -0.05) is 20.3 Å². The summed E-state index contributed by atoms with van der Waals surface area (Å²) in [4.78, 5) is 31.0. The van der Waals surface area contributed by atoms with Crippen molar-refractivity contribution < 1.29 is 18.7 Å². The van der Waals surface area contributed by atoms with Crippen LogP contribution in [0.5, 0.6) is 0 Å². The Balaban J connectivity index is 1.70. The molecule has 0 radical (unpaired) electrons. The Morgan fingerprint density at radius 1 is 1.21 bits per heavy atom. The molecule has 150 valence electrons. The molecule has 0 bridgehead atoms. The molecule has 1 aromatic heterocycles. The van der Waals surface area contributed by atoms with Crippen molar-refractivity contribution in [3.05, 3.63) is 35.4 Å². The molecular weight excluding hydrogens is 354 g/mol. The summed E-state index contributed by atoms with van der Waals surface area (Å²) in [5.41, 5.74) is 2.04. The van der Waals surface area contributed by atoms with E-state index in [1.165, 1.54) is 6.42 Å². The number of hydrogen-bond acceptors (Lipinski definition) is 5. The molecule has 0 saturated heterocycles. The van der Waals surface area contributed by atoms with Crippen molar-refractivity contribution in [2.24, 2.45) is 16.3 Å². The van der Waals surface area contributed by atoms with Gasteiger partial charge in [-0.15, -0.1) is 0 Å². The van der Waals surface area contributed by atoms with Crippen LogP contribution in [0, 0.1) is 11.3 Å². The van der Waals surface area contributed by atoms with Gasteiger partial charge in [0, 0.05) is 23.4 Å². The summed E-state index contributed by atoms with van der Waals surface area (Å²) in [6.45, 7) is 6.05. The molecule has 28 heavy (non-hydrogen) atoms. The van der Waals surface area contributed by atoms with E-state index in [0.29, 0.717) is 23.5 Å². The van der Waals surface area contributed by atoms with E-state index < -0.39 is 11.8 Å². The first-order valence-corrected chi connectivity index (χ1v) is 10.4. The Kier molecular flexibility index (Phi) is 5.02. The van der Waals surface area contributed by atoms with Crippen LogP contribution in [0.15, 0.2) is 39.1 Å². The molecule has 1 fully saturated rings. The predicted octanol–water partition coefficient (Wildman–Crippen LogP) is 4.97. The Morgan fingerprint density at radius 3 is 2.64 bits per heavy atom. The highest BCUT2D eigenvalue weighted by Crippen LogP contribution is 2.48. The molecule has 0 aromatic carbocycles. The molecule has 5 nitrogen and oxygen atoms in total. The van der Waals surface area contributed by atoms with Gasteiger partial charge in [-0.05, 0) is 56.6 Å². The minimum atomic E-state index is -0.600. The number of rotatable bonds is 3. The van der Waals surface area contributed by atoms with Crippen LogP contribution in [0.4, 0.5) is 0 Å². The predicted molar refractivity (Wildman–Crippen MR) is 106 cm³/mol. The number of ketones is 1. The number of aliphatic imine (C=N–C) groups is 1. The smallest absolute Gasteiger partial charge is 0.316 e. The number of carbonyl (C=O) groups excluding carboxylic acids is 2. The van der Waals surface area contributed by atoms with E-state index >= 15 is 0 Å². The van der Waals surface area contributed by atoms with Crippen LogP contribution in [-0.2, 0) is 14.3 Å². The zero-order valence-corrected chi connectivity index (χ0v) is 17.0. The molecule has 1 aromatic rings. The van der Waals surface area contributed by atoms with Crippen molar-refractivity contribution >= 4 is 17.5 Å². The monoisotopic (exact) mass is 383 g/mol. The average Bonchev–Trinajstić information content (AvgIpc) is 3.14. The highest BCUT2D eigenvalue weighted by molar-refractivity contribution is 6.08. The summed E-state index contributed by atoms with van der Waals surface area (Å²) < 4.78 is 11.6. The van der Waals surface area contributed by atoms with Gasteiger partial charge >= 0.3 is 5.97 Å². The SMILES string of the molecule is CC1=NC2=C(C(=O)CC(C)(C)C2)C(c2ccco2)C1C(=O)OC1CCCCC1. The molecule has 3 aliphatic rings. The van der Waals surface area contributed by atoms with E-state index in [2.05, 4.69) is 13.8 Å². The number of hydrogen-bond donors (Lipinski definition) is 0. The molecule has 0 N–H and O–H groups in total. The van der Waals surface area contributed by atoms with Gasteiger partial charge < -0.3 is 9.15 Å². The van der Waals surface area contributed by atoms with Crippen molar-refractivity contribution in [2.45, 2.75) is 77.7 Å². The quantitative estimate of drug-likeness (QED) is 0.691. The molecule has 1 aliphatic heterocycles. The number of nitrogens with zero attached hydrogens (tertiary/aromatic N) is 1. The van der Waals surface area contributed by atoms with Gasteiger partial charge in [0.1, 0.15) is 17.8 Å². The molecule has 0 spiro atoms. The zero-order chi connectivity index (χ0) is 19.9. The van der Waals surface area contributed by atoms with Crippen molar-refractivity contribution in [1.82, 2.24) is 0 Å². The molecular formula is C23H29NO4. The van der Waals surface area contributed by atoms with Crippen LogP contribution in [-0.4, -0.2) is 23.6 Å². The standard InChI is InChI=1S/C23H29NO4/c1-14-19(22(26)28-15-8-5-4-6-9-15)21(18-10-7-11-27-18)20-16(24-14)12-23(2,3)13-17(20)25/h7,10-11,15,19,21H,4-6,8-9,12-13H2,1-3H3.